The number of allylic oxidation sites excluding steroid dienone is 1. The molecule has 22 heavy (non-hydrogen) atoms. The quantitative estimate of drug-likeness (QED) is 0.706. The monoisotopic (exact) mass is 324 g/mol. The maximum absolute atomic E-state index is 12.4. The number of hydrogen-bond donors (Lipinski definition) is 0. The molecule has 2 atom stereocenters. The predicted octanol–water partition coefficient (Wildman–Crippen LogP) is 4.65. The number of hydrogen-bond acceptors (Lipinski definition) is 3. The number of carbonyl (C=O) groups excluding carboxylic acids is 1. The van der Waals surface area contributed by atoms with Crippen molar-refractivity contribution in [3.05, 3.63) is 23.8 Å². The lowest BCUT2D eigenvalue weighted by atomic mass is 10.1. The molecule has 0 bridgehead atoms. The number of ether oxygens (including phenoxy) is 1. The third kappa shape index (κ3) is 4.64. The predicted molar refractivity (Wildman–Crippen MR) is 94.6 cm³/mol. The Hall–Kier alpha value is -0.713. The first kappa shape index (κ1) is 19.3. The van der Waals surface area contributed by atoms with E-state index in [0.29, 0.717) is 0 Å². The molecule has 0 heterocycles. The summed E-state index contributed by atoms with van der Waals surface area (Å²) in [5.74, 6) is 0.00624. The Morgan fingerprint density at radius 2 is 1.64 bits per heavy atom. The van der Waals surface area contributed by atoms with Crippen LogP contribution in [0.25, 0.3) is 0 Å². The van der Waals surface area contributed by atoms with Crippen LogP contribution in [0.3, 0.4) is 0 Å². The largest absolute Gasteiger partial charge is 0.407 e. The maximum Gasteiger partial charge on any atom is 0.193 e. The molecule has 0 saturated carbocycles. The molecule has 0 aromatic rings. The first-order chi connectivity index (χ1) is 9.78. The Morgan fingerprint density at radius 1 is 1.09 bits per heavy atom. The second kappa shape index (κ2) is 6.42. The minimum atomic E-state index is -1.99. The summed E-state index contributed by atoms with van der Waals surface area (Å²) >= 11 is 0. The van der Waals surface area contributed by atoms with E-state index in [9.17, 15) is 4.79 Å². The Morgan fingerprint density at radius 3 is 2.05 bits per heavy atom. The van der Waals surface area contributed by atoms with E-state index in [1.807, 2.05) is 39.8 Å². The van der Waals surface area contributed by atoms with Crippen molar-refractivity contribution in [3.63, 3.8) is 0 Å². The van der Waals surface area contributed by atoms with Crippen LogP contribution in [0.2, 0.25) is 18.1 Å². The summed E-state index contributed by atoms with van der Waals surface area (Å²) in [5, 5.41) is 0.0892. The molecule has 126 valence electrons. The van der Waals surface area contributed by atoms with Gasteiger partial charge < -0.3 is 9.16 Å². The van der Waals surface area contributed by atoms with Gasteiger partial charge in [-0.2, -0.15) is 0 Å². The lowest BCUT2D eigenvalue weighted by Gasteiger charge is -2.40. The van der Waals surface area contributed by atoms with Crippen LogP contribution >= 0.6 is 0 Å². The van der Waals surface area contributed by atoms with Gasteiger partial charge in [0.05, 0.1) is 5.60 Å². The third-order valence-corrected chi connectivity index (χ3v) is 8.72. The third-order valence-electron chi connectivity index (χ3n) is 4.26. The molecule has 0 aromatic heterocycles. The van der Waals surface area contributed by atoms with Gasteiger partial charge in [-0.05, 0) is 57.5 Å². The van der Waals surface area contributed by atoms with Gasteiger partial charge in [0.2, 0.25) is 0 Å². The van der Waals surface area contributed by atoms with Crippen LogP contribution in [0, 0.1) is 0 Å². The van der Waals surface area contributed by atoms with E-state index in [1.165, 1.54) is 0 Å². The van der Waals surface area contributed by atoms with Crippen molar-refractivity contribution in [2.75, 3.05) is 0 Å². The number of rotatable bonds is 4. The second-order valence-corrected chi connectivity index (χ2v) is 13.3. The lowest BCUT2D eigenvalue weighted by molar-refractivity contribution is -0.141. The van der Waals surface area contributed by atoms with Crippen LogP contribution in [0.1, 0.15) is 48.5 Å². The molecule has 0 aromatic carbocycles. The summed E-state index contributed by atoms with van der Waals surface area (Å²) < 4.78 is 12.6. The number of carbonyl (C=O) groups is 1. The normalized spacial score (nSPS) is 24.2. The maximum atomic E-state index is 12.4. The van der Waals surface area contributed by atoms with Gasteiger partial charge in [0.1, 0.15) is 12.2 Å². The van der Waals surface area contributed by atoms with Crippen molar-refractivity contribution in [2.45, 2.75) is 84.4 Å². The van der Waals surface area contributed by atoms with E-state index < -0.39 is 14.4 Å². The molecule has 0 amide bonds. The Balaban J connectivity index is 3.12. The molecule has 0 N–H and O–H groups in total. The molecule has 0 saturated heterocycles. The fourth-order valence-electron chi connectivity index (χ4n) is 2.11. The van der Waals surface area contributed by atoms with Gasteiger partial charge in [-0.15, -0.1) is 0 Å². The molecular weight excluding hydrogens is 292 g/mol. The zero-order valence-corrected chi connectivity index (χ0v) is 16.6. The summed E-state index contributed by atoms with van der Waals surface area (Å²) in [6.45, 7) is 18.9. The average molecular weight is 325 g/mol. The smallest absolute Gasteiger partial charge is 0.193 e. The Bertz CT molecular complexity index is 476. The van der Waals surface area contributed by atoms with Gasteiger partial charge in [0.15, 0.2) is 14.1 Å². The van der Waals surface area contributed by atoms with Crippen LogP contribution in [0.15, 0.2) is 23.8 Å². The van der Waals surface area contributed by atoms with E-state index in [1.54, 1.807) is 6.08 Å². The standard InChI is InChI=1S/C18H32O3Si/c1-10-11-13-12-14(19)16(20-17(2,3)4)15(13)21-22(8,9)18(5,6)7/h10-12,15-16H,1-9H3/b11-10+. The minimum absolute atomic E-state index is 0.00624. The molecule has 4 heteroatoms. The first-order valence-corrected chi connectivity index (χ1v) is 10.9. The molecule has 0 radical (unpaired) electrons. The molecule has 0 spiro atoms. The van der Waals surface area contributed by atoms with Crippen LogP contribution in [0.4, 0.5) is 0 Å². The van der Waals surface area contributed by atoms with Crippen molar-refractivity contribution < 1.29 is 14.0 Å². The summed E-state index contributed by atoms with van der Waals surface area (Å²) in [7, 11) is -1.99. The summed E-state index contributed by atoms with van der Waals surface area (Å²) in [6, 6.07) is 0. The minimum Gasteiger partial charge on any atom is -0.407 e. The van der Waals surface area contributed by atoms with E-state index in [4.69, 9.17) is 9.16 Å². The van der Waals surface area contributed by atoms with Crippen molar-refractivity contribution in [3.8, 4) is 0 Å². The first-order valence-electron chi connectivity index (χ1n) is 8.02. The molecule has 1 rings (SSSR count). The summed E-state index contributed by atoms with van der Waals surface area (Å²) in [5.41, 5.74) is 0.542. The average Bonchev–Trinajstić information content (AvgIpc) is 2.54. The molecule has 1 aliphatic carbocycles. The lowest BCUT2D eigenvalue weighted by Crippen LogP contribution is -2.49. The van der Waals surface area contributed by atoms with Crippen molar-refractivity contribution in [1.29, 1.82) is 0 Å². The Kier molecular flexibility index (Phi) is 5.64. The highest BCUT2D eigenvalue weighted by atomic mass is 28.4. The SMILES string of the molecule is C/C=C/C1=CC(=O)C(OC(C)(C)C)C1O[Si](C)(C)C(C)(C)C. The van der Waals surface area contributed by atoms with Crippen LogP contribution in [0.5, 0.6) is 0 Å². The zero-order chi connectivity index (χ0) is 17.3. The van der Waals surface area contributed by atoms with E-state index in [0.717, 1.165) is 5.57 Å². The summed E-state index contributed by atoms with van der Waals surface area (Å²) in [6.07, 6.45) is 4.74. The second-order valence-electron chi connectivity index (χ2n) is 8.50. The van der Waals surface area contributed by atoms with Crippen LogP contribution < -0.4 is 0 Å². The molecular formula is C18H32O3Si. The molecule has 0 fully saturated rings. The fourth-order valence-corrected chi connectivity index (χ4v) is 3.36. The molecule has 2 unspecified atom stereocenters. The molecule has 0 aliphatic heterocycles. The van der Waals surface area contributed by atoms with Crippen molar-refractivity contribution in [1.82, 2.24) is 0 Å². The van der Waals surface area contributed by atoms with Gasteiger partial charge in [0, 0.05) is 0 Å². The van der Waals surface area contributed by atoms with Gasteiger partial charge in [-0.1, -0.05) is 32.9 Å². The number of ketones is 1. The van der Waals surface area contributed by atoms with Gasteiger partial charge in [-0.3, -0.25) is 4.79 Å². The zero-order valence-electron chi connectivity index (χ0n) is 15.6. The van der Waals surface area contributed by atoms with E-state index in [-0.39, 0.29) is 22.5 Å². The van der Waals surface area contributed by atoms with E-state index in [2.05, 4.69) is 33.9 Å². The highest BCUT2D eigenvalue weighted by Gasteiger charge is 2.46. The molecule has 3 nitrogen and oxygen atoms in total. The van der Waals surface area contributed by atoms with Crippen LogP contribution in [-0.4, -0.2) is 31.9 Å². The fraction of sp³-hybridized carbons (Fsp3) is 0.722. The van der Waals surface area contributed by atoms with Crippen molar-refractivity contribution >= 4 is 14.1 Å². The van der Waals surface area contributed by atoms with Gasteiger partial charge in [0.25, 0.3) is 0 Å². The van der Waals surface area contributed by atoms with Crippen LogP contribution in [-0.2, 0) is 14.0 Å². The van der Waals surface area contributed by atoms with Crippen molar-refractivity contribution in [2.24, 2.45) is 0 Å². The van der Waals surface area contributed by atoms with Gasteiger partial charge >= 0.3 is 0 Å². The highest BCUT2D eigenvalue weighted by molar-refractivity contribution is 6.74. The van der Waals surface area contributed by atoms with E-state index >= 15 is 0 Å². The summed E-state index contributed by atoms with van der Waals surface area (Å²) in [4.78, 5) is 12.4. The Labute approximate surface area is 136 Å². The molecule has 1 aliphatic rings. The van der Waals surface area contributed by atoms with Gasteiger partial charge in [-0.25, -0.2) is 0 Å². The topological polar surface area (TPSA) is 35.5 Å². The highest BCUT2D eigenvalue weighted by Crippen LogP contribution is 2.40.